The van der Waals surface area contributed by atoms with Crippen molar-refractivity contribution in [2.45, 2.75) is 64.1 Å². The van der Waals surface area contributed by atoms with Gasteiger partial charge < -0.3 is 13.9 Å². The number of rotatable bonds is 9. The van der Waals surface area contributed by atoms with Gasteiger partial charge in [-0.25, -0.2) is 0 Å². The van der Waals surface area contributed by atoms with E-state index in [1.807, 2.05) is 26.0 Å². The summed E-state index contributed by atoms with van der Waals surface area (Å²) in [4.78, 5) is 12.0. The molecule has 1 aliphatic heterocycles. The molecule has 0 N–H and O–H groups in total. The molecule has 1 aliphatic rings. The Morgan fingerprint density at radius 3 is 2.06 bits per heavy atom. The van der Waals surface area contributed by atoms with E-state index in [-0.39, 0.29) is 23.0 Å². The summed E-state index contributed by atoms with van der Waals surface area (Å²) in [5.41, 5.74) is 0. The van der Waals surface area contributed by atoms with Crippen molar-refractivity contribution in [2.75, 3.05) is 6.61 Å². The molecule has 3 rings (SSSR count). The Kier molecular flexibility index (Phi) is 7.91. The largest absolute Gasteiger partial charge is 0.405 e. The summed E-state index contributed by atoms with van der Waals surface area (Å²) in [6, 6.07) is 21.1. The summed E-state index contributed by atoms with van der Waals surface area (Å²) in [5, 5.41) is 2.31. The van der Waals surface area contributed by atoms with Crippen molar-refractivity contribution in [1.82, 2.24) is 0 Å². The lowest BCUT2D eigenvalue weighted by molar-refractivity contribution is -0.145. The smallest absolute Gasteiger partial charge is 0.261 e. The highest BCUT2D eigenvalue weighted by Gasteiger charge is 2.51. The molecular weight excluding hydrogens is 428 g/mol. The van der Waals surface area contributed by atoms with Gasteiger partial charge in [0, 0.05) is 6.42 Å². The second-order valence-corrected chi connectivity index (χ2v) is 14.2. The van der Waals surface area contributed by atoms with Crippen molar-refractivity contribution in [1.29, 1.82) is 0 Å². The lowest BCUT2D eigenvalue weighted by Crippen LogP contribution is -2.67. The number of carbonyl (C=O) groups excluding carboxylic acids is 1. The van der Waals surface area contributed by atoms with Crippen LogP contribution in [0.3, 0.4) is 0 Å². The average Bonchev–Trinajstić information content (AvgIpc) is 3.07. The van der Waals surface area contributed by atoms with Crippen LogP contribution in [0.25, 0.3) is 0 Å². The van der Waals surface area contributed by atoms with Crippen LogP contribution in [0.15, 0.2) is 85.5 Å². The maximum atomic E-state index is 12.0. The van der Waals surface area contributed by atoms with Crippen LogP contribution in [-0.2, 0) is 18.7 Å². The normalized spacial score (nSPS) is 20.8. The van der Waals surface area contributed by atoms with Gasteiger partial charge >= 0.3 is 0 Å². The average molecular weight is 465 g/mol. The second-order valence-electron chi connectivity index (χ2n) is 9.93. The summed E-state index contributed by atoms with van der Waals surface area (Å²) in [5.74, 6) is -0.763. The molecule has 0 saturated carbocycles. The maximum Gasteiger partial charge on any atom is 0.261 e. The van der Waals surface area contributed by atoms with Crippen LogP contribution in [0.4, 0.5) is 0 Å². The van der Waals surface area contributed by atoms with Crippen molar-refractivity contribution < 1.29 is 18.7 Å². The van der Waals surface area contributed by atoms with E-state index in [1.54, 1.807) is 18.2 Å². The quantitative estimate of drug-likeness (QED) is 0.304. The van der Waals surface area contributed by atoms with E-state index in [0.29, 0.717) is 13.0 Å². The Morgan fingerprint density at radius 2 is 1.58 bits per heavy atom. The lowest BCUT2D eigenvalue weighted by Gasteiger charge is -2.43. The molecule has 2 atom stereocenters. The SMILES string of the molecule is C=CCC(=O)/C=C\[C@H]1OC(C)(C)O[C@@H]1CO[Si](c1ccccc1)(c1ccccc1)C(C)(C)C. The molecule has 1 heterocycles. The molecular formula is C28H36O4Si. The van der Waals surface area contributed by atoms with E-state index in [2.05, 4.69) is 75.9 Å². The van der Waals surface area contributed by atoms with Gasteiger partial charge in [-0.05, 0) is 41.4 Å². The number of hydrogen-bond donors (Lipinski definition) is 0. The molecule has 33 heavy (non-hydrogen) atoms. The summed E-state index contributed by atoms with van der Waals surface area (Å²) in [6.07, 6.45) is 4.57. The van der Waals surface area contributed by atoms with Gasteiger partial charge in [-0.3, -0.25) is 4.79 Å². The molecule has 2 aromatic rings. The van der Waals surface area contributed by atoms with Crippen LogP contribution >= 0.6 is 0 Å². The van der Waals surface area contributed by atoms with Crippen LogP contribution in [0, 0.1) is 0 Å². The number of allylic oxidation sites excluding steroid dienone is 2. The Labute approximate surface area is 199 Å². The predicted octanol–water partition coefficient (Wildman–Crippen LogP) is 4.78. The van der Waals surface area contributed by atoms with Crippen molar-refractivity contribution in [3.63, 3.8) is 0 Å². The topological polar surface area (TPSA) is 44.8 Å². The first-order valence-corrected chi connectivity index (χ1v) is 13.4. The molecule has 1 saturated heterocycles. The van der Waals surface area contributed by atoms with Crippen molar-refractivity contribution in [3.8, 4) is 0 Å². The number of benzene rings is 2. The number of carbonyl (C=O) groups is 1. The number of ether oxygens (including phenoxy) is 2. The number of ketones is 1. The fourth-order valence-corrected chi connectivity index (χ4v) is 9.11. The Morgan fingerprint density at radius 1 is 1.03 bits per heavy atom. The third-order valence-corrected chi connectivity index (χ3v) is 10.9. The molecule has 0 unspecified atom stereocenters. The van der Waals surface area contributed by atoms with Gasteiger partial charge in [-0.1, -0.05) is 87.5 Å². The van der Waals surface area contributed by atoms with E-state index < -0.39 is 14.1 Å². The highest BCUT2D eigenvalue weighted by Crippen LogP contribution is 2.38. The van der Waals surface area contributed by atoms with Gasteiger partial charge in [-0.15, -0.1) is 6.58 Å². The van der Waals surface area contributed by atoms with Gasteiger partial charge in [-0.2, -0.15) is 0 Å². The highest BCUT2D eigenvalue weighted by molar-refractivity contribution is 6.99. The summed E-state index contributed by atoms with van der Waals surface area (Å²) in [6.45, 7) is 14.5. The third kappa shape index (κ3) is 5.79. The molecule has 5 heteroatoms. The second kappa shape index (κ2) is 10.3. The van der Waals surface area contributed by atoms with E-state index in [0.717, 1.165) is 0 Å². The molecule has 0 aromatic heterocycles. The molecule has 0 radical (unpaired) electrons. The zero-order chi connectivity index (χ0) is 24.1. The van der Waals surface area contributed by atoms with Gasteiger partial charge in [0.25, 0.3) is 8.32 Å². The Hall–Kier alpha value is -2.31. The molecule has 2 aromatic carbocycles. The van der Waals surface area contributed by atoms with Crippen LogP contribution in [0.5, 0.6) is 0 Å². The van der Waals surface area contributed by atoms with Gasteiger partial charge in [0.05, 0.1) is 6.61 Å². The van der Waals surface area contributed by atoms with Crippen LogP contribution < -0.4 is 10.4 Å². The maximum absolute atomic E-state index is 12.0. The highest BCUT2D eigenvalue weighted by atomic mass is 28.4. The van der Waals surface area contributed by atoms with Gasteiger partial charge in [0.15, 0.2) is 11.6 Å². The molecule has 0 spiro atoms. The van der Waals surface area contributed by atoms with E-state index >= 15 is 0 Å². The Bertz CT molecular complexity index is 921. The van der Waals surface area contributed by atoms with Crippen LogP contribution in [-0.4, -0.2) is 38.7 Å². The van der Waals surface area contributed by atoms with Gasteiger partial charge in [0.1, 0.15) is 12.2 Å². The minimum absolute atomic E-state index is 0.00930. The standard InChI is InChI=1S/C28H36O4Si/c1-7-14-22(29)19-20-25-26(32-28(5,6)31-25)21-30-33(27(2,3)4,23-15-10-8-11-16-23)24-17-12-9-13-18-24/h7-13,15-20,25-26H,1,14,21H2,2-6H3/b20-19-/t25-,26-/m1/s1. The van der Waals surface area contributed by atoms with Gasteiger partial charge in [0.2, 0.25) is 0 Å². The minimum atomic E-state index is -2.69. The fraction of sp³-hybridized carbons (Fsp3) is 0.393. The number of hydrogen-bond acceptors (Lipinski definition) is 4. The molecule has 4 nitrogen and oxygen atoms in total. The summed E-state index contributed by atoms with van der Waals surface area (Å²) in [7, 11) is -2.69. The first kappa shape index (κ1) is 25.3. The monoisotopic (exact) mass is 464 g/mol. The molecule has 0 aliphatic carbocycles. The predicted molar refractivity (Wildman–Crippen MR) is 136 cm³/mol. The minimum Gasteiger partial charge on any atom is -0.405 e. The van der Waals surface area contributed by atoms with Crippen molar-refractivity contribution in [2.24, 2.45) is 0 Å². The zero-order valence-corrected chi connectivity index (χ0v) is 21.4. The first-order valence-electron chi connectivity index (χ1n) is 11.5. The Balaban J connectivity index is 1.96. The van der Waals surface area contributed by atoms with Crippen LogP contribution in [0.1, 0.15) is 41.0 Å². The first-order chi connectivity index (χ1) is 15.6. The summed E-state index contributed by atoms with van der Waals surface area (Å²) < 4.78 is 19.4. The van der Waals surface area contributed by atoms with E-state index in [9.17, 15) is 4.79 Å². The third-order valence-electron chi connectivity index (χ3n) is 5.92. The molecule has 0 bridgehead atoms. The van der Waals surface area contributed by atoms with E-state index in [1.165, 1.54) is 10.4 Å². The summed E-state index contributed by atoms with van der Waals surface area (Å²) >= 11 is 0. The fourth-order valence-electron chi connectivity index (χ4n) is 4.54. The van der Waals surface area contributed by atoms with E-state index in [4.69, 9.17) is 13.9 Å². The molecule has 0 amide bonds. The van der Waals surface area contributed by atoms with Crippen molar-refractivity contribution >= 4 is 24.5 Å². The lowest BCUT2D eigenvalue weighted by atomic mass is 10.1. The molecule has 176 valence electrons. The van der Waals surface area contributed by atoms with Crippen molar-refractivity contribution in [3.05, 3.63) is 85.5 Å². The van der Waals surface area contributed by atoms with Crippen LogP contribution in [0.2, 0.25) is 5.04 Å². The zero-order valence-electron chi connectivity index (χ0n) is 20.4. The molecule has 1 fully saturated rings.